The van der Waals surface area contributed by atoms with Crippen molar-refractivity contribution in [3.8, 4) is 5.82 Å². The van der Waals surface area contributed by atoms with Crippen LogP contribution in [0.3, 0.4) is 0 Å². The topological polar surface area (TPSA) is 88.8 Å². The lowest BCUT2D eigenvalue weighted by Gasteiger charge is -2.39. The van der Waals surface area contributed by atoms with Crippen LogP contribution in [0.1, 0.15) is 11.4 Å². The number of anilines is 2. The molecule has 26 heavy (non-hydrogen) atoms. The van der Waals surface area contributed by atoms with E-state index in [0.717, 1.165) is 23.0 Å². The third-order valence-corrected chi connectivity index (χ3v) is 4.37. The minimum Gasteiger partial charge on any atom is -0.355 e. The van der Waals surface area contributed by atoms with Crippen LogP contribution in [-0.2, 0) is 4.79 Å². The quantitative estimate of drug-likeness (QED) is 0.772. The van der Waals surface area contributed by atoms with Gasteiger partial charge in [-0.15, -0.1) is 0 Å². The maximum absolute atomic E-state index is 12.3. The molecule has 8 heteroatoms. The number of pyridine rings is 1. The van der Waals surface area contributed by atoms with Crippen molar-refractivity contribution < 1.29 is 4.79 Å². The van der Waals surface area contributed by atoms with Crippen LogP contribution in [-0.4, -0.2) is 43.7 Å². The monoisotopic (exact) mass is 349 g/mol. The molecule has 1 N–H and O–H groups in total. The maximum atomic E-state index is 12.3. The van der Waals surface area contributed by atoms with Crippen LogP contribution in [0.4, 0.5) is 11.5 Å². The molecule has 1 aliphatic rings. The van der Waals surface area contributed by atoms with Crippen LogP contribution >= 0.6 is 0 Å². The SMILES string of the molecule is Cc1cc(C)n(-c2cc(N3CC(C(=O)Nc4cccnc4)C3)ncn2)n1. The second-order valence-corrected chi connectivity index (χ2v) is 6.41. The van der Waals surface area contributed by atoms with Gasteiger partial charge in [0.2, 0.25) is 5.91 Å². The summed E-state index contributed by atoms with van der Waals surface area (Å²) in [7, 11) is 0. The minimum atomic E-state index is -0.0673. The number of hydrogen-bond donors (Lipinski definition) is 1. The first-order valence-corrected chi connectivity index (χ1v) is 8.41. The summed E-state index contributed by atoms with van der Waals surface area (Å²) in [6, 6.07) is 7.52. The van der Waals surface area contributed by atoms with E-state index >= 15 is 0 Å². The van der Waals surface area contributed by atoms with Crippen molar-refractivity contribution in [2.75, 3.05) is 23.3 Å². The lowest BCUT2D eigenvalue weighted by atomic mass is 9.99. The predicted octanol–water partition coefficient (Wildman–Crippen LogP) is 1.75. The van der Waals surface area contributed by atoms with Crippen LogP contribution < -0.4 is 10.2 Å². The first-order chi connectivity index (χ1) is 12.6. The summed E-state index contributed by atoms with van der Waals surface area (Å²) in [6.45, 7) is 5.19. The van der Waals surface area contributed by atoms with Gasteiger partial charge in [0.15, 0.2) is 5.82 Å². The van der Waals surface area contributed by atoms with Gasteiger partial charge in [-0.2, -0.15) is 5.10 Å². The van der Waals surface area contributed by atoms with Gasteiger partial charge in [-0.05, 0) is 32.0 Å². The average molecular weight is 349 g/mol. The fourth-order valence-corrected chi connectivity index (χ4v) is 3.00. The summed E-state index contributed by atoms with van der Waals surface area (Å²) in [6.07, 6.45) is 4.85. The number of rotatable bonds is 4. The summed E-state index contributed by atoms with van der Waals surface area (Å²) in [5, 5.41) is 7.34. The fourth-order valence-electron chi connectivity index (χ4n) is 3.00. The lowest BCUT2D eigenvalue weighted by molar-refractivity contribution is -0.120. The van der Waals surface area contributed by atoms with E-state index in [2.05, 4.69) is 30.3 Å². The van der Waals surface area contributed by atoms with Gasteiger partial charge in [-0.1, -0.05) is 0 Å². The predicted molar refractivity (Wildman–Crippen MR) is 97.2 cm³/mol. The molecule has 1 saturated heterocycles. The zero-order valence-corrected chi connectivity index (χ0v) is 14.6. The Morgan fingerprint density at radius 3 is 2.69 bits per heavy atom. The van der Waals surface area contributed by atoms with E-state index in [4.69, 9.17) is 0 Å². The molecule has 0 unspecified atom stereocenters. The summed E-state index contributed by atoms with van der Waals surface area (Å²) in [5.74, 6) is 1.46. The molecule has 4 rings (SSSR count). The van der Waals surface area contributed by atoms with Crippen molar-refractivity contribution in [2.24, 2.45) is 5.92 Å². The summed E-state index contributed by atoms with van der Waals surface area (Å²) in [4.78, 5) is 27.0. The highest BCUT2D eigenvalue weighted by Crippen LogP contribution is 2.25. The molecule has 0 bridgehead atoms. The Balaban J connectivity index is 1.42. The van der Waals surface area contributed by atoms with Crippen molar-refractivity contribution >= 4 is 17.4 Å². The highest BCUT2D eigenvalue weighted by molar-refractivity contribution is 5.94. The molecule has 0 aliphatic carbocycles. The average Bonchev–Trinajstić information content (AvgIpc) is 2.93. The molecule has 8 nitrogen and oxygen atoms in total. The van der Waals surface area contributed by atoms with Gasteiger partial charge in [0.25, 0.3) is 0 Å². The molecule has 132 valence electrons. The van der Waals surface area contributed by atoms with Crippen molar-refractivity contribution in [2.45, 2.75) is 13.8 Å². The number of nitrogens with one attached hydrogen (secondary N) is 1. The number of amides is 1. The smallest absolute Gasteiger partial charge is 0.231 e. The molecule has 0 radical (unpaired) electrons. The number of carbonyl (C=O) groups excluding carboxylic acids is 1. The molecule has 0 aromatic carbocycles. The van der Waals surface area contributed by atoms with E-state index in [1.807, 2.05) is 32.0 Å². The Hall–Kier alpha value is -3.29. The fraction of sp³-hybridized carbons (Fsp3) is 0.278. The Kier molecular flexibility index (Phi) is 4.08. The van der Waals surface area contributed by atoms with Crippen LogP contribution in [0.5, 0.6) is 0 Å². The largest absolute Gasteiger partial charge is 0.355 e. The van der Waals surface area contributed by atoms with Crippen molar-refractivity contribution in [1.82, 2.24) is 24.7 Å². The minimum absolute atomic E-state index is 0.00192. The van der Waals surface area contributed by atoms with E-state index < -0.39 is 0 Å². The molecule has 0 atom stereocenters. The normalized spacial score (nSPS) is 14.2. The second kappa shape index (κ2) is 6.55. The zero-order valence-electron chi connectivity index (χ0n) is 14.6. The molecule has 1 aliphatic heterocycles. The zero-order chi connectivity index (χ0) is 18.1. The summed E-state index contributed by atoms with van der Waals surface area (Å²) < 4.78 is 1.80. The van der Waals surface area contributed by atoms with E-state index in [0.29, 0.717) is 18.8 Å². The molecular weight excluding hydrogens is 330 g/mol. The molecule has 1 amide bonds. The molecule has 4 heterocycles. The third-order valence-electron chi connectivity index (χ3n) is 4.37. The van der Waals surface area contributed by atoms with Gasteiger partial charge in [0.1, 0.15) is 12.1 Å². The standard InChI is InChI=1S/C18H19N7O/c1-12-6-13(2)25(23-12)17-7-16(20-11-21-17)24-9-14(10-24)18(26)22-15-4-3-5-19-8-15/h3-8,11,14H,9-10H2,1-2H3,(H,22,26). The highest BCUT2D eigenvalue weighted by Gasteiger charge is 2.33. The van der Waals surface area contributed by atoms with Gasteiger partial charge < -0.3 is 10.2 Å². The number of nitrogens with zero attached hydrogens (tertiary/aromatic N) is 6. The van der Waals surface area contributed by atoms with E-state index in [1.165, 1.54) is 6.33 Å². The van der Waals surface area contributed by atoms with Gasteiger partial charge in [-0.3, -0.25) is 9.78 Å². The van der Waals surface area contributed by atoms with Gasteiger partial charge in [0.05, 0.1) is 23.5 Å². The summed E-state index contributed by atoms with van der Waals surface area (Å²) >= 11 is 0. The Morgan fingerprint density at radius 1 is 1.19 bits per heavy atom. The summed E-state index contributed by atoms with van der Waals surface area (Å²) in [5.41, 5.74) is 2.67. The molecule has 3 aromatic heterocycles. The van der Waals surface area contributed by atoms with Gasteiger partial charge >= 0.3 is 0 Å². The van der Waals surface area contributed by atoms with Crippen molar-refractivity contribution in [1.29, 1.82) is 0 Å². The first kappa shape index (κ1) is 16.2. The number of carbonyl (C=O) groups is 1. The number of aromatic nitrogens is 5. The third kappa shape index (κ3) is 3.13. The van der Waals surface area contributed by atoms with Crippen molar-refractivity contribution in [3.63, 3.8) is 0 Å². The van der Waals surface area contributed by atoms with Crippen LogP contribution in [0.15, 0.2) is 43.0 Å². The Bertz CT molecular complexity index is 932. The van der Waals surface area contributed by atoms with Gasteiger partial charge in [-0.25, -0.2) is 14.6 Å². The van der Waals surface area contributed by atoms with Crippen molar-refractivity contribution in [3.05, 3.63) is 54.4 Å². The van der Waals surface area contributed by atoms with E-state index in [-0.39, 0.29) is 11.8 Å². The Labute approximate surface area is 150 Å². The Morgan fingerprint density at radius 2 is 2.00 bits per heavy atom. The second-order valence-electron chi connectivity index (χ2n) is 6.41. The van der Waals surface area contributed by atoms with E-state index in [1.54, 1.807) is 23.1 Å². The number of hydrogen-bond acceptors (Lipinski definition) is 6. The molecule has 0 spiro atoms. The molecule has 0 saturated carbocycles. The van der Waals surface area contributed by atoms with Crippen LogP contribution in [0, 0.1) is 19.8 Å². The van der Waals surface area contributed by atoms with Gasteiger partial charge in [0, 0.05) is 31.0 Å². The highest BCUT2D eigenvalue weighted by atomic mass is 16.2. The molecular formula is C18H19N7O. The van der Waals surface area contributed by atoms with E-state index in [9.17, 15) is 4.79 Å². The maximum Gasteiger partial charge on any atom is 0.231 e. The molecule has 3 aromatic rings. The van der Waals surface area contributed by atoms with Crippen LogP contribution in [0.25, 0.3) is 5.82 Å². The molecule has 1 fully saturated rings. The number of aryl methyl sites for hydroxylation is 2. The first-order valence-electron chi connectivity index (χ1n) is 8.41. The van der Waals surface area contributed by atoms with Crippen LogP contribution in [0.2, 0.25) is 0 Å². The lowest BCUT2D eigenvalue weighted by Crippen LogP contribution is -2.52.